The van der Waals surface area contributed by atoms with Crippen LogP contribution in [0.2, 0.25) is 0 Å². The number of hydrogen-bond acceptors (Lipinski definition) is 2. The molecule has 0 aliphatic carbocycles. The molecule has 82 valence electrons. The predicted molar refractivity (Wildman–Crippen MR) is 60.2 cm³/mol. The minimum atomic E-state index is 0.169. The summed E-state index contributed by atoms with van der Waals surface area (Å²) in [7, 11) is 0. The molecule has 2 atom stereocenters. The molecule has 2 heteroatoms. The zero-order valence-corrected chi connectivity index (χ0v) is 10.1. The summed E-state index contributed by atoms with van der Waals surface area (Å²) in [6, 6.07) is 0.879. The summed E-state index contributed by atoms with van der Waals surface area (Å²) in [6.45, 7) is 15.7. The molecule has 0 spiro atoms. The lowest BCUT2D eigenvalue weighted by molar-refractivity contribution is -0.0588. The van der Waals surface area contributed by atoms with Crippen molar-refractivity contribution in [3.8, 4) is 0 Å². The monoisotopic (exact) mass is 197 g/mol. The van der Waals surface area contributed by atoms with Crippen LogP contribution in [0, 0.1) is 5.41 Å². The first-order valence-corrected chi connectivity index (χ1v) is 5.39. The van der Waals surface area contributed by atoms with Gasteiger partial charge in [-0.3, -0.25) is 4.90 Å². The van der Waals surface area contributed by atoms with Gasteiger partial charge in [0.25, 0.3) is 0 Å². The predicted octanol–water partition coefficient (Wildman–Crippen LogP) is 2.65. The van der Waals surface area contributed by atoms with Gasteiger partial charge in [0.05, 0.1) is 12.6 Å². The highest BCUT2D eigenvalue weighted by Crippen LogP contribution is 2.33. The largest absolute Gasteiger partial charge is 0.361 e. The first kappa shape index (κ1) is 11.7. The Morgan fingerprint density at radius 2 is 2.00 bits per heavy atom. The summed E-state index contributed by atoms with van der Waals surface area (Å²) in [5.74, 6) is 0. The second kappa shape index (κ2) is 4.03. The molecule has 0 bridgehead atoms. The fraction of sp³-hybridized carbons (Fsp3) is 0.833. The normalized spacial score (nSPS) is 29.9. The first-order valence-electron chi connectivity index (χ1n) is 5.39. The Bertz CT molecular complexity index is 205. The molecule has 0 aromatic rings. The number of hydrogen-bond donors (Lipinski definition) is 0. The Morgan fingerprint density at radius 1 is 1.43 bits per heavy atom. The van der Waals surface area contributed by atoms with Gasteiger partial charge in [-0.2, -0.15) is 0 Å². The fourth-order valence-electron chi connectivity index (χ4n) is 2.08. The second-order valence-electron chi connectivity index (χ2n) is 5.40. The maximum Gasteiger partial charge on any atom is 0.116 e. The molecule has 1 unspecified atom stereocenters. The molecule has 1 fully saturated rings. The summed E-state index contributed by atoms with van der Waals surface area (Å²) in [5, 5.41) is 0. The SMILES string of the molecule is C=C[C@H]1COC(C(C)(C)C)N1C(C)C. The lowest BCUT2D eigenvalue weighted by Crippen LogP contribution is -2.47. The van der Waals surface area contributed by atoms with Crippen LogP contribution >= 0.6 is 0 Å². The summed E-state index contributed by atoms with van der Waals surface area (Å²) in [4.78, 5) is 2.41. The molecule has 0 amide bonds. The molecule has 1 saturated heterocycles. The Hall–Kier alpha value is -0.340. The van der Waals surface area contributed by atoms with Crippen molar-refractivity contribution < 1.29 is 4.74 Å². The molecule has 0 radical (unpaired) electrons. The van der Waals surface area contributed by atoms with Gasteiger partial charge in [0.1, 0.15) is 6.23 Å². The van der Waals surface area contributed by atoms with Crippen LogP contribution in [0.4, 0.5) is 0 Å². The van der Waals surface area contributed by atoms with E-state index in [-0.39, 0.29) is 11.6 Å². The minimum Gasteiger partial charge on any atom is -0.361 e. The number of nitrogens with zero attached hydrogens (tertiary/aromatic N) is 1. The number of ether oxygens (including phenoxy) is 1. The third-order valence-electron chi connectivity index (χ3n) is 2.69. The molecule has 1 aliphatic heterocycles. The van der Waals surface area contributed by atoms with Gasteiger partial charge in [-0.15, -0.1) is 6.58 Å². The van der Waals surface area contributed by atoms with Crippen molar-refractivity contribution in [2.45, 2.75) is 52.9 Å². The Balaban J connectivity index is 2.83. The Kier molecular flexibility index (Phi) is 3.38. The van der Waals surface area contributed by atoms with E-state index in [1.54, 1.807) is 0 Å². The van der Waals surface area contributed by atoms with Gasteiger partial charge in [-0.05, 0) is 13.8 Å². The van der Waals surface area contributed by atoms with Gasteiger partial charge in [0, 0.05) is 11.5 Å². The smallest absolute Gasteiger partial charge is 0.116 e. The average Bonchev–Trinajstić information content (AvgIpc) is 2.45. The first-order chi connectivity index (χ1) is 6.38. The topological polar surface area (TPSA) is 12.5 Å². The van der Waals surface area contributed by atoms with Crippen molar-refractivity contribution in [3.63, 3.8) is 0 Å². The van der Waals surface area contributed by atoms with Crippen LogP contribution in [-0.4, -0.2) is 29.8 Å². The molecule has 0 aromatic carbocycles. The van der Waals surface area contributed by atoms with Gasteiger partial charge in [0.15, 0.2) is 0 Å². The lowest BCUT2D eigenvalue weighted by atomic mass is 9.92. The van der Waals surface area contributed by atoms with Crippen LogP contribution in [0.5, 0.6) is 0 Å². The second-order valence-corrected chi connectivity index (χ2v) is 5.40. The quantitative estimate of drug-likeness (QED) is 0.631. The standard InChI is InChI=1S/C12H23NO/c1-7-10-8-14-11(12(4,5)6)13(10)9(2)3/h7,9-11H,1,8H2,2-6H3/t10-,11?/m0/s1. The zero-order valence-electron chi connectivity index (χ0n) is 10.1. The van der Waals surface area contributed by atoms with E-state index in [9.17, 15) is 0 Å². The van der Waals surface area contributed by atoms with Crippen LogP contribution in [0.15, 0.2) is 12.7 Å². The van der Waals surface area contributed by atoms with Crippen LogP contribution < -0.4 is 0 Å². The molecule has 0 aromatic heterocycles. The molecule has 14 heavy (non-hydrogen) atoms. The molecular formula is C12H23NO. The zero-order chi connectivity index (χ0) is 10.9. The summed E-state index contributed by atoms with van der Waals surface area (Å²) in [6.07, 6.45) is 2.21. The van der Waals surface area contributed by atoms with Crippen LogP contribution in [0.3, 0.4) is 0 Å². The van der Waals surface area contributed by atoms with E-state index in [0.29, 0.717) is 12.1 Å². The van der Waals surface area contributed by atoms with Crippen LogP contribution in [0.25, 0.3) is 0 Å². The van der Waals surface area contributed by atoms with Gasteiger partial charge in [-0.25, -0.2) is 0 Å². The Labute approximate surface area is 87.9 Å². The lowest BCUT2D eigenvalue weighted by Gasteiger charge is -2.37. The summed E-state index contributed by atoms with van der Waals surface area (Å²) in [5.41, 5.74) is 0.169. The van der Waals surface area contributed by atoms with Crippen molar-refractivity contribution in [2.75, 3.05) is 6.61 Å². The minimum absolute atomic E-state index is 0.169. The number of rotatable bonds is 2. The third-order valence-corrected chi connectivity index (χ3v) is 2.69. The van der Waals surface area contributed by atoms with E-state index >= 15 is 0 Å². The van der Waals surface area contributed by atoms with E-state index in [1.807, 2.05) is 6.08 Å². The van der Waals surface area contributed by atoms with Gasteiger partial charge >= 0.3 is 0 Å². The van der Waals surface area contributed by atoms with Crippen LogP contribution in [0.1, 0.15) is 34.6 Å². The van der Waals surface area contributed by atoms with Gasteiger partial charge < -0.3 is 4.74 Å². The van der Waals surface area contributed by atoms with E-state index in [1.165, 1.54) is 0 Å². The van der Waals surface area contributed by atoms with E-state index in [0.717, 1.165) is 6.61 Å². The molecule has 2 nitrogen and oxygen atoms in total. The summed E-state index contributed by atoms with van der Waals surface area (Å²) >= 11 is 0. The molecule has 0 N–H and O–H groups in total. The van der Waals surface area contributed by atoms with Gasteiger partial charge in [-0.1, -0.05) is 26.8 Å². The van der Waals surface area contributed by atoms with Crippen molar-refractivity contribution in [1.82, 2.24) is 4.90 Å². The molecule has 1 aliphatic rings. The molecule has 0 saturated carbocycles. The maximum absolute atomic E-state index is 5.85. The van der Waals surface area contributed by atoms with E-state index in [2.05, 4.69) is 46.1 Å². The average molecular weight is 197 g/mol. The van der Waals surface area contributed by atoms with E-state index < -0.39 is 0 Å². The third kappa shape index (κ3) is 2.18. The molecule has 1 heterocycles. The molecular weight excluding hydrogens is 174 g/mol. The highest BCUT2D eigenvalue weighted by atomic mass is 16.5. The Morgan fingerprint density at radius 3 is 2.36 bits per heavy atom. The van der Waals surface area contributed by atoms with Crippen molar-refractivity contribution in [2.24, 2.45) is 5.41 Å². The highest BCUT2D eigenvalue weighted by molar-refractivity contribution is 4.97. The fourth-order valence-corrected chi connectivity index (χ4v) is 2.08. The molecule has 1 rings (SSSR count). The van der Waals surface area contributed by atoms with Crippen molar-refractivity contribution in [3.05, 3.63) is 12.7 Å². The van der Waals surface area contributed by atoms with E-state index in [4.69, 9.17) is 4.74 Å². The van der Waals surface area contributed by atoms with Gasteiger partial charge in [0.2, 0.25) is 0 Å². The van der Waals surface area contributed by atoms with Crippen molar-refractivity contribution >= 4 is 0 Å². The highest BCUT2D eigenvalue weighted by Gasteiger charge is 2.41. The van der Waals surface area contributed by atoms with Crippen LogP contribution in [-0.2, 0) is 4.74 Å². The van der Waals surface area contributed by atoms with Crippen molar-refractivity contribution in [1.29, 1.82) is 0 Å². The summed E-state index contributed by atoms with van der Waals surface area (Å²) < 4.78 is 5.85. The maximum atomic E-state index is 5.85.